The Kier molecular flexibility index (Phi) is 4.96. The third-order valence-electron chi connectivity index (χ3n) is 3.25. The smallest absolute Gasteiger partial charge is 0.322 e. The molecule has 2 N–H and O–H groups in total. The quantitative estimate of drug-likeness (QED) is 0.844. The van der Waals surface area contributed by atoms with Gasteiger partial charge in [0.25, 0.3) is 0 Å². The Balaban J connectivity index is 2.12. The average molecular weight is 301 g/mol. The third kappa shape index (κ3) is 3.35. The first-order chi connectivity index (χ1) is 9.15. The highest BCUT2D eigenvalue weighted by Gasteiger charge is 2.28. The minimum absolute atomic E-state index is 0.0123. The number of nitrogens with one attached hydrogen (secondary N) is 1. The summed E-state index contributed by atoms with van der Waals surface area (Å²) in [7, 11) is 0. The highest BCUT2D eigenvalue weighted by atomic mass is 35.5. The zero-order valence-electron chi connectivity index (χ0n) is 10.7. The minimum Gasteiger partial charge on any atom is -0.394 e. The van der Waals surface area contributed by atoms with Gasteiger partial charge in [0.2, 0.25) is 0 Å². The van der Waals surface area contributed by atoms with Gasteiger partial charge in [-0.25, -0.2) is 4.79 Å². The second-order valence-electron chi connectivity index (χ2n) is 4.45. The average Bonchev–Trinajstić information content (AvgIpc) is 2.87. The second-order valence-corrected chi connectivity index (χ2v) is 5.73. The Hall–Kier alpha value is -0.910. The fraction of sp³-hybridized carbons (Fsp3) is 0.462. The Bertz CT molecular complexity index is 470. The van der Waals surface area contributed by atoms with Crippen LogP contribution in [0, 0.1) is 0 Å². The van der Waals surface area contributed by atoms with Crippen molar-refractivity contribution in [3.8, 4) is 0 Å². The summed E-state index contributed by atoms with van der Waals surface area (Å²) in [6, 6.07) is 5.19. The SMILES string of the molecule is CSc1ccc(Cl)cc1NC(=O)N1CCC[C@H]1CO. The summed E-state index contributed by atoms with van der Waals surface area (Å²) < 4.78 is 0. The molecular weight excluding hydrogens is 284 g/mol. The molecule has 0 aliphatic carbocycles. The summed E-state index contributed by atoms with van der Waals surface area (Å²) in [5, 5.41) is 12.7. The van der Waals surface area contributed by atoms with E-state index in [1.165, 1.54) is 0 Å². The Labute approximate surface area is 122 Å². The number of carbonyl (C=O) groups is 1. The highest BCUT2D eigenvalue weighted by Crippen LogP contribution is 2.29. The molecule has 1 atom stereocenters. The van der Waals surface area contributed by atoms with Gasteiger partial charge in [-0.3, -0.25) is 0 Å². The van der Waals surface area contributed by atoms with Gasteiger partial charge in [-0.15, -0.1) is 11.8 Å². The molecule has 1 aliphatic heterocycles. The van der Waals surface area contributed by atoms with Crippen LogP contribution in [0.2, 0.25) is 5.02 Å². The van der Waals surface area contributed by atoms with Gasteiger partial charge >= 0.3 is 6.03 Å². The number of benzene rings is 1. The van der Waals surface area contributed by atoms with Crippen molar-refractivity contribution in [2.75, 3.05) is 24.7 Å². The van der Waals surface area contributed by atoms with E-state index in [4.69, 9.17) is 11.6 Å². The number of aliphatic hydroxyl groups is 1. The molecule has 0 aromatic heterocycles. The molecule has 0 unspecified atom stereocenters. The molecule has 0 bridgehead atoms. The van der Waals surface area contributed by atoms with Gasteiger partial charge in [-0.1, -0.05) is 11.6 Å². The van der Waals surface area contributed by atoms with Gasteiger partial charge in [0, 0.05) is 16.5 Å². The first-order valence-corrected chi connectivity index (χ1v) is 7.78. The van der Waals surface area contributed by atoms with Gasteiger partial charge in [-0.05, 0) is 37.3 Å². The molecule has 1 aromatic rings. The maximum absolute atomic E-state index is 12.2. The van der Waals surface area contributed by atoms with E-state index in [1.807, 2.05) is 12.3 Å². The van der Waals surface area contributed by atoms with Gasteiger partial charge in [0.15, 0.2) is 0 Å². The topological polar surface area (TPSA) is 52.6 Å². The number of carbonyl (C=O) groups excluding carboxylic acids is 1. The molecule has 19 heavy (non-hydrogen) atoms. The molecule has 1 aliphatic rings. The van der Waals surface area contributed by atoms with Crippen LogP contribution >= 0.6 is 23.4 Å². The Morgan fingerprint density at radius 3 is 3.11 bits per heavy atom. The van der Waals surface area contributed by atoms with Crippen LogP contribution in [0.4, 0.5) is 10.5 Å². The predicted octanol–water partition coefficient (Wildman–Crippen LogP) is 3.05. The van der Waals surface area contributed by atoms with E-state index in [2.05, 4.69) is 5.32 Å². The lowest BCUT2D eigenvalue weighted by molar-refractivity contribution is 0.166. The van der Waals surface area contributed by atoms with Crippen LogP contribution in [0.5, 0.6) is 0 Å². The molecule has 1 heterocycles. The van der Waals surface area contributed by atoms with Crippen molar-refractivity contribution in [1.29, 1.82) is 0 Å². The second kappa shape index (κ2) is 6.50. The lowest BCUT2D eigenvalue weighted by Gasteiger charge is -2.24. The van der Waals surface area contributed by atoms with E-state index >= 15 is 0 Å². The van der Waals surface area contributed by atoms with Crippen LogP contribution in [0.25, 0.3) is 0 Å². The molecule has 1 fully saturated rings. The molecule has 104 valence electrons. The highest BCUT2D eigenvalue weighted by molar-refractivity contribution is 7.98. The number of nitrogens with zero attached hydrogens (tertiary/aromatic N) is 1. The van der Waals surface area contributed by atoms with Crippen LogP contribution in [0.3, 0.4) is 0 Å². The number of thioether (sulfide) groups is 1. The fourth-order valence-electron chi connectivity index (χ4n) is 2.26. The molecule has 6 heteroatoms. The lowest BCUT2D eigenvalue weighted by Crippen LogP contribution is -2.40. The molecule has 1 saturated heterocycles. The zero-order chi connectivity index (χ0) is 13.8. The molecule has 4 nitrogen and oxygen atoms in total. The largest absolute Gasteiger partial charge is 0.394 e. The number of urea groups is 1. The summed E-state index contributed by atoms with van der Waals surface area (Å²) in [6.07, 6.45) is 3.74. The fourth-order valence-corrected chi connectivity index (χ4v) is 2.96. The number of amides is 2. The van der Waals surface area contributed by atoms with Crippen molar-refractivity contribution in [3.05, 3.63) is 23.2 Å². The van der Waals surface area contributed by atoms with Crippen LogP contribution in [0.15, 0.2) is 23.1 Å². The molecule has 0 saturated carbocycles. The zero-order valence-corrected chi connectivity index (χ0v) is 12.3. The predicted molar refractivity (Wildman–Crippen MR) is 79.1 cm³/mol. The first kappa shape index (κ1) is 14.5. The van der Waals surface area contributed by atoms with Crippen molar-refractivity contribution >= 4 is 35.1 Å². The maximum atomic E-state index is 12.2. The minimum atomic E-state index is -0.172. The number of likely N-dealkylation sites (tertiary alicyclic amines) is 1. The van der Waals surface area contributed by atoms with E-state index in [1.54, 1.807) is 28.8 Å². The summed E-state index contributed by atoms with van der Waals surface area (Å²) in [5.74, 6) is 0. The summed E-state index contributed by atoms with van der Waals surface area (Å²) in [5.41, 5.74) is 0.716. The number of anilines is 1. The van der Waals surface area contributed by atoms with E-state index in [-0.39, 0.29) is 18.7 Å². The van der Waals surface area contributed by atoms with Crippen LogP contribution in [0.1, 0.15) is 12.8 Å². The van der Waals surface area contributed by atoms with Crippen LogP contribution < -0.4 is 5.32 Å². The molecular formula is C13H17ClN2O2S. The van der Waals surface area contributed by atoms with Crippen molar-refractivity contribution in [3.63, 3.8) is 0 Å². The Morgan fingerprint density at radius 2 is 2.42 bits per heavy atom. The van der Waals surface area contributed by atoms with Gasteiger partial charge in [-0.2, -0.15) is 0 Å². The number of rotatable bonds is 3. The first-order valence-electron chi connectivity index (χ1n) is 6.17. The standard InChI is InChI=1S/C13H17ClN2O2S/c1-19-12-5-4-9(14)7-11(12)15-13(18)16-6-2-3-10(16)8-17/h4-5,7,10,17H,2-3,6,8H2,1H3,(H,15,18)/t10-/m0/s1. The van der Waals surface area contributed by atoms with E-state index in [0.29, 0.717) is 17.3 Å². The van der Waals surface area contributed by atoms with Gasteiger partial charge in [0.05, 0.1) is 18.3 Å². The van der Waals surface area contributed by atoms with Crippen LogP contribution in [-0.2, 0) is 0 Å². The molecule has 0 spiro atoms. The van der Waals surface area contributed by atoms with Gasteiger partial charge < -0.3 is 15.3 Å². The normalized spacial score (nSPS) is 18.7. The molecule has 0 radical (unpaired) electrons. The number of halogens is 1. The summed E-state index contributed by atoms with van der Waals surface area (Å²) in [4.78, 5) is 14.9. The number of hydrogen-bond acceptors (Lipinski definition) is 3. The Morgan fingerprint density at radius 1 is 1.63 bits per heavy atom. The van der Waals surface area contributed by atoms with Crippen molar-refractivity contribution in [2.24, 2.45) is 0 Å². The molecule has 1 aromatic carbocycles. The monoisotopic (exact) mass is 300 g/mol. The third-order valence-corrected chi connectivity index (χ3v) is 4.28. The van der Waals surface area contributed by atoms with Gasteiger partial charge in [0.1, 0.15) is 0 Å². The molecule has 2 rings (SSSR count). The van der Waals surface area contributed by atoms with Crippen molar-refractivity contribution < 1.29 is 9.90 Å². The van der Waals surface area contributed by atoms with Crippen molar-refractivity contribution in [2.45, 2.75) is 23.8 Å². The number of hydrogen-bond donors (Lipinski definition) is 2. The lowest BCUT2D eigenvalue weighted by atomic mass is 10.2. The van der Waals surface area contributed by atoms with E-state index in [9.17, 15) is 9.90 Å². The van der Waals surface area contributed by atoms with E-state index in [0.717, 1.165) is 17.7 Å². The maximum Gasteiger partial charge on any atom is 0.322 e. The molecule has 2 amide bonds. The number of aliphatic hydroxyl groups excluding tert-OH is 1. The summed E-state index contributed by atoms with van der Waals surface area (Å²) >= 11 is 7.51. The van der Waals surface area contributed by atoms with Crippen molar-refractivity contribution in [1.82, 2.24) is 4.90 Å². The van der Waals surface area contributed by atoms with E-state index < -0.39 is 0 Å². The van der Waals surface area contributed by atoms with Crippen LogP contribution in [-0.4, -0.2) is 41.5 Å². The summed E-state index contributed by atoms with van der Waals surface area (Å²) in [6.45, 7) is 0.699.